The minimum Gasteiger partial charge on any atom is -0.370 e. The van der Waals surface area contributed by atoms with E-state index in [-0.39, 0.29) is 11.7 Å². The molecule has 54 heavy (non-hydrogen) atoms. The van der Waals surface area contributed by atoms with Crippen molar-refractivity contribution in [1.29, 1.82) is 0 Å². The van der Waals surface area contributed by atoms with E-state index in [0.29, 0.717) is 47.5 Å². The van der Waals surface area contributed by atoms with Crippen molar-refractivity contribution in [3.8, 4) is 0 Å². The van der Waals surface area contributed by atoms with Gasteiger partial charge >= 0.3 is 0 Å². The maximum Gasteiger partial charge on any atom is 0.270 e. The van der Waals surface area contributed by atoms with E-state index in [9.17, 15) is 18.0 Å². The van der Waals surface area contributed by atoms with Gasteiger partial charge in [0.25, 0.3) is 5.91 Å². The summed E-state index contributed by atoms with van der Waals surface area (Å²) in [5.41, 5.74) is 2.96. The molecule has 0 radical (unpaired) electrons. The van der Waals surface area contributed by atoms with Crippen molar-refractivity contribution in [2.75, 3.05) is 54.6 Å². The topological polar surface area (TPSA) is 138 Å². The normalized spacial score (nSPS) is 13.7. The average molecular weight is 811 g/mol. The van der Waals surface area contributed by atoms with Gasteiger partial charge in [0, 0.05) is 42.3 Å². The first-order valence-electron chi connectivity index (χ1n) is 19.3. The van der Waals surface area contributed by atoms with E-state index in [0.717, 1.165) is 37.1 Å². The Kier molecular flexibility index (Phi) is 22.4. The SMILES string of the molecule is CCCCCCCCCCCCOS(=O)CC(C)C(=O)Nc1ccc(Cl)c(NC(=O)C(=Nc2ccc(N(CC)CCNS(=O)OC)cc2C)C(C)(C)C)c1. The highest BCUT2D eigenvalue weighted by Crippen LogP contribution is 2.30. The van der Waals surface area contributed by atoms with E-state index in [4.69, 9.17) is 25.0 Å². The molecular formula is C40H64ClN5O6S2. The zero-order chi connectivity index (χ0) is 40.1. The fourth-order valence-corrected chi connectivity index (χ4v) is 7.15. The van der Waals surface area contributed by atoms with Gasteiger partial charge in [-0.3, -0.25) is 18.0 Å². The summed E-state index contributed by atoms with van der Waals surface area (Å²) in [6.07, 6.45) is 12.1. The summed E-state index contributed by atoms with van der Waals surface area (Å²) in [5.74, 6) is -1.23. The van der Waals surface area contributed by atoms with Crippen molar-refractivity contribution in [3.63, 3.8) is 0 Å². The number of amides is 2. The molecule has 11 nitrogen and oxygen atoms in total. The Labute approximate surface area is 334 Å². The fourth-order valence-electron chi connectivity index (χ4n) is 5.65. The summed E-state index contributed by atoms with van der Waals surface area (Å²) in [6.45, 7) is 15.9. The van der Waals surface area contributed by atoms with Gasteiger partial charge in [-0.25, -0.2) is 18.1 Å². The summed E-state index contributed by atoms with van der Waals surface area (Å²) in [7, 11) is 1.38. The highest BCUT2D eigenvalue weighted by molar-refractivity contribution is 7.80. The summed E-state index contributed by atoms with van der Waals surface area (Å²) in [6, 6.07) is 10.7. The van der Waals surface area contributed by atoms with Crippen LogP contribution in [0, 0.1) is 18.3 Å². The number of likely N-dealkylation sites (N-methyl/N-ethyl adjacent to an activating group) is 1. The lowest BCUT2D eigenvalue weighted by Gasteiger charge is -2.24. The first-order valence-corrected chi connectivity index (χ1v) is 22.0. The Morgan fingerprint density at radius 3 is 2.17 bits per heavy atom. The van der Waals surface area contributed by atoms with Crippen LogP contribution in [0.1, 0.15) is 111 Å². The maximum absolute atomic E-state index is 13.7. The summed E-state index contributed by atoms with van der Waals surface area (Å²) < 4.78 is 37.2. The smallest absolute Gasteiger partial charge is 0.270 e. The first kappa shape index (κ1) is 47.5. The van der Waals surface area contributed by atoms with E-state index < -0.39 is 39.6 Å². The van der Waals surface area contributed by atoms with Crippen LogP contribution in [0.2, 0.25) is 5.02 Å². The highest BCUT2D eigenvalue weighted by atomic mass is 35.5. The molecule has 0 saturated heterocycles. The van der Waals surface area contributed by atoms with E-state index in [2.05, 4.69) is 27.2 Å². The van der Waals surface area contributed by atoms with Crippen LogP contribution in [-0.4, -0.2) is 65.0 Å². The van der Waals surface area contributed by atoms with Crippen molar-refractivity contribution in [1.82, 2.24) is 4.72 Å². The average Bonchev–Trinajstić information content (AvgIpc) is 3.12. The Balaban J connectivity index is 1.98. The number of rotatable bonds is 26. The molecule has 0 heterocycles. The Hall–Kier alpha value is -2.68. The van der Waals surface area contributed by atoms with E-state index in [1.165, 1.54) is 52.1 Å². The molecule has 0 spiro atoms. The fraction of sp³-hybridized carbons (Fsp3) is 0.625. The number of unbranched alkanes of at least 4 members (excludes halogenated alkanes) is 9. The minimum absolute atomic E-state index is 0.0801. The van der Waals surface area contributed by atoms with Crippen molar-refractivity contribution in [2.45, 2.75) is 113 Å². The molecule has 0 saturated carbocycles. The number of hydrogen-bond acceptors (Lipinski definition) is 8. The Morgan fingerprint density at radius 1 is 0.926 bits per heavy atom. The van der Waals surface area contributed by atoms with Gasteiger partial charge in [-0.2, -0.15) is 0 Å². The molecule has 0 aliphatic heterocycles. The van der Waals surface area contributed by atoms with Gasteiger partial charge in [-0.05, 0) is 62.2 Å². The number of nitrogens with zero attached hydrogens (tertiary/aromatic N) is 2. The zero-order valence-corrected chi connectivity index (χ0v) is 36.1. The number of hydrogen-bond donors (Lipinski definition) is 3. The third-order valence-electron chi connectivity index (χ3n) is 8.87. The lowest BCUT2D eigenvalue weighted by molar-refractivity contribution is -0.118. The second-order valence-corrected chi connectivity index (χ2v) is 17.2. The largest absolute Gasteiger partial charge is 0.370 e. The van der Waals surface area contributed by atoms with Crippen LogP contribution in [-0.2, 0) is 40.3 Å². The van der Waals surface area contributed by atoms with Gasteiger partial charge in [0.15, 0.2) is 11.1 Å². The Morgan fingerprint density at radius 2 is 1.57 bits per heavy atom. The third-order valence-corrected chi connectivity index (χ3v) is 11.1. The number of nitrogens with one attached hydrogen (secondary N) is 3. The van der Waals surface area contributed by atoms with Gasteiger partial charge in [0.2, 0.25) is 17.2 Å². The van der Waals surface area contributed by atoms with Crippen LogP contribution in [0.15, 0.2) is 41.4 Å². The van der Waals surface area contributed by atoms with Crippen molar-refractivity contribution >= 4 is 74.2 Å². The maximum atomic E-state index is 13.7. The van der Waals surface area contributed by atoms with Crippen LogP contribution < -0.4 is 20.3 Å². The van der Waals surface area contributed by atoms with E-state index in [1.54, 1.807) is 25.1 Å². The molecule has 2 aromatic rings. The predicted molar refractivity (Wildman–Crippen MR) is 227 cm³/mol. The molecule has 304 valence electrons. The zero-order valence-electron chi connectivity index (χ0n) is 33.7. The van der Waals surface area contributed by atoms with Gasteiger partial charge in [-0.15, -0.1) is 0 Å². The number of anilines is 3. The van der Waals surface area contributed by atoms with Crippen LogP contribution in [0.5, 0.6) is 0 Å². The molecule has 0 aliphatic carbocycles. The second-order valence-electron chi connectivity index (χ2n) is 14.6. The number of aryl methyl sites for hydroxylation is 1. The van der Waals surface area contributed by atoms with Gasteiger partial charge in [0.1, 0.15) is 5.71 Å². The van der Waals surface area contributed by atoms with Crippen molar-refractivity contribution < 1.29 is 26.4 Å². The molecular weight excluding hydrogens is 746 g/mol. The Bertz CT molecular complexity index is 1550. The van der Waals surface area contributed by atoms with Gasteiger partial charge in [-0.1, -0.05) is 104 Å². The third kappa shape index (κ3) is 17.8. The number of carbonyl (C=O) groups excluding carboxylic acids is 2. The summed E-state index contributed by atoms with van der Waals surface area (Å²) in [5, 5.41) is 6.04. The summed E-state index contributed by atoms with van der Waals surface area (Å²) in [4.78, 5) is 33.7. The predicted octanol–water partition coefficient (Wildman–Crippen LogP) is 9.22. The monoisotopic (exact) mass is 809 g/mol. The molecule has 2 rings (SSSR count). The lowest BCUT2D eigenvalue weighted by Crippen LogP contribution is -2.34. The second kappa shape index (κ2) is 25.5. The molecule has 14 heteroatoms. The number of halogens is 1. The van der Waals surface area contributed by atoms with Crippen molar-refractivity contribution in [3.05, 3.63) is 47.0 Å². The van der Waals surface area contributed by atoms with Crippen LogP contribution in [0.4, 0.5) is 22.7 Å². The summed E-state index contributed by atoms with van der Waals surface area (Å²) >= 11 is 3.40. The van der Waals surface area contributed by atoms with E-state index in [1.807, 2.05) is 52.8 Å². The number of carbonyl (C=O) groups is 2. The standard InChI is InChI=1S/C40H64ClN5O6S2/c1-9-11-12-13-14-15-16-17-18-19-26-52-53(49)29-31(4)38(47)43-32-20-22-34(41)36(28-32)45-39(48)37(40(5,6)7)44-35-23-21-33(27-30(35)3)46(10-2)25-24-42-54(50)51-8/h20-23,27-28,31,42H,9-19,24-26,29H2,1-8H3,(H,43,47)(H,45,48). The molecule has 3 N–H and O–H groups in total. The molecule has 0 bridgehead atoms. The van der Waals surface area contributed by atoms with Gasteiger partial charge < -0.3 is 15.5 Å². The van der Waals surface area contributed by atoms with E-state index >= 15 is 0 Å². The molecule has 2 amide bonds. The lowest BCUT2D eigenvalue weighted by atomic mass is 9.89. The first-order chi connectivity index (χ1) is 25.7. The molecule has 0 aliphatic rings. The van der Waals surface area contributed by atoms with Crippen LogP contribution in [0.3, 0.4) is 0 Å². The minimum atomic E-state index is -1.57. The van der Waals surface area contributed by atoms with Crippen LogP contribution >= 0.6 is 11.6 Å². The molecule has 2 aromatic carbocycles. The highest BCUT2D eigenvalue weighted by Gasteiger charge is 2.27. The molecule has 3 unspecified atom stereocenters. The molecule has 0 fully saturated rings. The quantitative estimate of drug-likeness (QED) is 0.0636. The van der Waals surface area contributed by atoms with Gasteiger partial charge in [0.05, 0.1) is 35.9 Å². The van der Waals surface area contributed by atoms with Crippen molar-refractivity contribution in [2.24, 2.45) is 16.3 Å². The molecule has 3 atom stereocenters. The number of benzene rings is 2. The van der Waals surface area contributed by atoms with Crippen LogP contribution in [0.25, 0.3) is 0 Å². The molecule has 0 aromatic heterocycles. The number of aliphatic imine (C=N–C) groups is 1.